The van der Waals surface area contributed by atoms with Crippen molar-refractivity contribution in [2.24, 2.45) is 0 Å². The summed E-state index contributed by atoms with van der Waals surface area (Å²) in [6, 6.07) is 10.0. The second-order valence-corrected chi connectivity index (χ2v) is 5.93. The van der Waals surface area contributed by atoms with Crippen molar-refractivity contribution in [2.75, 3.05) is 25.1 Å². The van der Waals surface area contributed by atoms with Gasteiger partial charge in [0.05, 0.1) is 18.8 Å². The third-order valence-corrected chi connectivity index (χ3v) is 3.70. The molecule has 6 nitrogen and oxygen atoms in total. The lowest BCUT2D eigenvalue weighted by atomic mass is 10.2. The number of halogens is 1. The highest BCUT2D eigenvalue weighted by atomic mass is 19.1. The van der Waals surface area contributed by atoms with Crippen molar-refractivity contribution < 1.29 is 28.2 Å². The van der Waals surface area contributed by atoms with Gasteiger partial charge in [0.2, 0.25) is 0 Å². The maximum Gasteiger partial charge on any atom is 0.338 e. The second kappa shape index (κ2) is 10.9. The van der Waals surface area contributed by atoms with E-state index < -0.39 is 24.3 Å². The van der Waals surface area contributed by atoms with Crippen LogP contribution in [-0.4, -0.2) is 31.7 Å². The SMILES string of the molecule is CCCCOc1ccc(C(=O)OCC(=O)Nc2ccc(F)cc2)cc1OCC. The topological polar surface area (TPSA) is 73.9 Å². The fourth-order valence-corrected chi connectivity index (χ4v) is 2.29. The fourth-order valence-electron chi connectivity index (χ4n) is 2.29. The van der Waals surface area contributed by atoms with Gasteiger partial charge in [0.25, 0.3) is 5.91 Å². The van der Waals surface area contributed by atoms with Gasteiger partial charge in [-0.2, -0.15) is 0 Å². The summed E-state index contributed by atoms with van der Waals surface area (Å²) in [6.07, 6.45) is 1.92. The Morgan fingerprint density at radius 1 is 1.00 bits per heavy atom. The van der Waals surface area contributed by atoms with Crippen LogP contribution in [0.25, 0.3) is 0 Å². The average molecular weight is 389 g/mol. The third kappa shape index (κ3) is 6.57. The molecule has 0 aromatic heterocycles. The van der Waals surface area contributed by atoms with E-state index in [-0.39, 0.29) is 5.56 Å². The first-order chi connectivity index (χ1) is 13.5. The summed E-state index contributed by atoms with van der Waals surface area (Å²) in [6.45, 7) is 4.42. The number of rotatable bonds is 10. The zero-order chi connectivity index (χ0) is 20.4. The van der Waals surface area contributed by atoms with Crippen molar-refractivity contribution in [3.63, 3.8) is 0 Å². The Morgan fingerprint density at radius 2 is 1.75 bits per heavy atom. The molecule has 0 aliphatic rings. The maximum absolute atomic E-state index is 12.9. The number of benzene rings is 2. The first-order valence-corrected chi connectivity index (χ1v) is 9.15. The smallest absolute Gasteiger partial charge is 0.338 e. The minimum Gasteiger partial charge on any atom is -0.490 e. The van der Waals surface area contributed by atoms with Gasteiger partial charge in [0.15, 0.2) is 18.1 Å². The van der Waals surface area contributed by atoms with Gasteiger partial charge < -0.3 is 19.5 Å². The van der Waals surface area contributed by atoms with E-state index >= 15 is 0 Å². The molecule has 0 unspecified atom stereocenters. The molecule has 0 heterocycles. The number of hydrogen-bond acceptors (Lipinski definition) is 5. The zero-order valence-electron chi connectivity index (χ0n) is 16.0. The summed E-state index contributed by atoms with van der Waals surface area (Å²) in [5.74, 6) is -0.582. The number of carbonyl (C=O) groups excluding carboxylic acids is 2. The largest absolute Gasteiger partial charge is 0.490 e. The molecule has 0 atom stereocenters. The van der Waals surface area contributed by atoms with Crippen LogP contribution in [-0.2, 0) is 9.53 Å². The van der Waals surface area contributed by atoms with Gasteiger partial charge in [-0.3, -0.25) is 4.79 Å². The maximum atomic E-state index is 12.9. The van der Waals surface area contributed by atoms with Crippen molar-refractivity contribution in [1.82, 2.24) is 0 Å². The Labute approximate surface area is 163 Å². The number of carbonyl (C=O) groups is 2. The quantitative estimate of drug-likeness (QED) is 0.487. The van der Waals surface area contributed by atoms with E-state index in [2.05, 4.69) is 12.2 Å². The first-order valence-electron chi connectivity index (χ1n) is 9.15. The molecular weight excluding hydrogens is 365 g/mol. The molecule has 28 heavy (non-hydrogen) atoms. The summed E-state index contributed by atoms with van der Waals surface area (Å²) in [4.78, 5) is 24.1. The molecule has 7 heteroatoms. The van der Waals surface area contributed by atoms with Crippen LogP contribution < -0.4 is 14.8 Å². The molecule has 1 N–H and O–H groups in total. The van der Waals surface area contributed by atoms with E-state index in [9.17, 15) is 14.0 Å². The molecule has 0 aliphatic carbocycles. The second-order valence-electron chi connectivity index (χ2n) is 5.93. The number of esters is 1. The van der Waals surface area contributed by atoms with E-state index in [1.165, 1.54) is 30.3 Å². The van der Waals surface area contributed by atoms with E-state index in [4.69, 9.17) is 14.2 Å². The molecule has 0 bridgehead atoms. The van der Waals surface area contributed by atoms with Crippen LogP contribution >= 0.6 is 0 Å². The normalized spacial score (nSPS) is 10.2. The van der Waals surface area contributed by atoms with E-state index in [1.54, 1.807) is 12.1 Å². The Bertz CT molecular complexity index is 792. The van der Waals surface area contributed by atoms with Crippen molar-refractivity contribution >= 4 is 17.6 Å². The molecule has 0 spiro atoms. The standard InChI is InChI=1S/C21H24FNO5/c1-3-5-12-27-18-11-6-15(13-19(18)26-4-2)21(25)28-14-20(24)23-17-9-7-16(22)8-10-17/h6-11,13H,3-5,12,14H2,1-2H3,(H,23,24). The summed E-state index contributed by atoms with van der Waals surface area (Å²) in [5.41, 5.74) is 0.663. The molecule has 0 aliphatic heterocycles. The van der Waals surface area contributed by atoms with Gasteiger partial charge >= 0.3 is 5.97 Å². The fraction of sp³-hybridized carbons (Fsp3) is 0.333. The van der Waals surface area contributed by atoms with Crippen molar-refractivity contribution in [2.45, 2.75) is 26.7 Å². The highest BCUT2D eigenvalue weighted by molar-refractivity contribution is 5.95. The Morgan fingerprint density at radius 3 is 2.43 bits per heavy atom. The van der Waals surface area contributed by atoms with Crippen LogP contribution in [0.1, 0.15) is 37.0 Å². The van der Waals surface area contributed by atoms with Gasteiger partial charge in [-0.25, -0.2) is 9.18 Å². The Kier molecular flexibility index (Phi) is 8.27. The minimum absolute atomic E-state index is 0.251. The predicted molar refractivity (Wildman–Crippen MR) is 103 cm³/mol. The van der Waals surface area contributed by atoms with E-state index in [0.717, 1.165) is 12.8 Å². The number of ether oxygens (including phenoxy) is 3. The molecule has 2 rings (SSSR count). The lowest BCUT2D eigenvalue weighted by Gasteiger charge is -2.13. The number of hydrogen-bond donors (Lipinski definition) is 1. The van der Waals surface area contributed by atoms with Gasteiger partial charge in [-0.1, -0.05) is 13.3 Å². The summed E-state index contributed by atoms with van der Waals surface area (Å²) in [5, 5.41) is 2.52. The Balaban J connectivity index is 1.94. The highest BCUT2D eigenvalue weighted by Gasteiger charge is 2.14. The van der Waals surface area contributed by atoms with E-state index in [1.807, 2.05) is 6.92 Å². The predicted octanol–water partition coefficient (Wildman–Crippen LogP) is 4.20. The lowest BCUT2D eigenvalue weighted by Crippen LogP contribution is -2.21. The van der Waals surface area contributed by atoms with Crippen molar-refractivity contribution in [3.05, 3.63) is 53.8 Å². The summed E-state index contributed by atoms with van der Waals surface area (Å²) in [7, 11) is 0. The van der Waals surface area contributed by atoms with Crippen LogP contribution in [0.3, 0.4) is 0 Å². The molecule has 0 saturated heterocycles. The van der Waals surface area contributed by atoms with Crippen molar-refractivity contribution in [1.29, 1.82) is 0 Å². The van der Waals surface area contributed by atoms with Gasteiger partial charge in [-0.15, -0.1) is 0 Å². The molecule has 0 radical (unpaired) electrons. The van der Waals surface area contributed by atoms with Crippen molar-refractivity contribution in [3.8, 4) is 11.5 Å². The monoisotopic (exact) mass is 389 g/mol. The number of amides is 1. The third-order valence-electron chi connectivity index (χ3n) is 3.70. The van der Waals surface area contributed by atoms with Crippen LogP contribution in [0.2, 0.25) is 0 Å². The minimum atomic E-state index is -0.657. The molecule has 0 saturated carbocycles. The molecular formula is C21H24FNO5. The lowest BCUT2D eigenvalue weighted by molar-refractivity contribution is -0.119. The number of anilines is 1. The summed E-state index contributed by atoms with van der Waals surface area (Å²) < 4.78 is 29.1. The summed E-state index contributed by atoms with van der Waals surface area (Å²) >= 11 is 0. The van der Waals surface area contributed by atoms with Gasteiger partial charge in [-0.05, 0) is 55.8 Å². The highest BCUT2D eigenvalue weighted by Crippen LogP contribution is 2.29. The number of unbranched alkanes of at least 4 members (excludes halogenated alkanes) is 1. The number of nitrogens with one attached hydrogen (secondary N) is 1. The van der Waals surface area contributed by atoms with Crippen LogP contribution in [0.4, 0.5) is 10.1 Å². The van der Waals surface area contributed by atoms with E-state index in [0.29, 0.717) is 30.4 Å². The van der Waals surface area contributed by atoms with Crippen LogP contribution in [0.5, 0.6) is 11.5 Å². The molecule has 150 valence electrons. The molecule has 0 fully saturated rings. The van der Waals surface area contributed by atoms with Gasteiger partial charge in [0.1, 0.15) is 5.82 Å². The molecule has 2 aromatic rings. The molecule has 1 amide bonds. The first kappa shape index (κ1) is 21.2. The molecule has 2 aromatic carbocycles. The van der Waals surface area contributed by atoms with Crippen LogP contribution in [0, 0.1) is 5.82 Å². The van der Waals surface area contributed by atoms with Gasteiger partial charge in [0, 0.05) is 5.69 Å². The average Bonchev–Trinajstić information content (AvgIpc) is 2.69. The van der Waals surface area contributed by atoms with Crippen LogP contribution in [0.15, 0.2) is 42.5 Å². The Hall–Kier alpha value is -3.09. The zero-order valence-corrected chi connectivity index (χ0v) is 16.0.